The van der Waals surface area contributed by atoms with Gasteiger partial charge in [0.1, 0.15) is 0 Å². The van der Waals surface area contributed by atoms with E-state index in [0.717, 1.165) is 24.1 Å². The Morgan fingerprint density at radius 2 is 1.81 bits per heavy atom. The Labute approximate surface area is 153 Å². The predicted molar refractivity (Wildman–Crippen MR) is 97.9 cm³/mol. The fourth-order valence-corrected chi connectivity index (χ4v) is 3.92. The van der Waals surface area contributed by atoms with E-state index >= 15 is 0 Å². The maximum absolute atomic E-state index is 12.9. The fourth-order valence-electron chi connectivity index (χ4n) is 3.92. The number of aromatic nitrogens is 2. The molecule has 0 radical (unpaired) electrons. The van der Waals surface area contributed by atoms with E-state index < -0.39 is 5.79 Å². The molecular weight excluding hydrogens is 330 g/mol. The van der Waals surface area contributed by atoms with Crippen LogP contribution in [0.25, 0.3) is 11.3 Å². The topological polar surface area (TPSA) is 56.6 Å². The Morgan fingerprint density at radius 1 is 1.12 bits per heavy atom. The molecule has 26 heavy (non-hydrogen) atoms. The second kappa shape index (κ2) is 6.52. The monoisotopic (exact) mass is 355 g/mol. The van der Waals surface area contributed by atoms with Gasteiger partial charge in [-0.25, -0.2) is 0 Å². The SMILES string of the molecule is Cc1ccc(-c2cc(C(=O)N3CCC4(CC3)OCCO4)nn2C)c(C)c1. The zero-order valence-electron chi connectivity index (χ0n) is 15.6. The van der Waals surface area contributed by atoms with E-state index in [2.05, 4.69) is 37.1 Å². The molecule has 1 aromatic carbocycles. The second-order valence-electron chi connectivity index (χ2n) is 7.26. The van der Waals surface area contributed by atoms with Gasteiger partial charge >= 0.3 is 0 Å². The summed E-state index contributed by atoms with van der Waals surface area (Å²) in [6.07, 6.45) is 1.44. The normalized spacial score (nSPS) is 19.3. The Balaban J connectivity index is 1.52. The third-order valence-corrected chi connectivity index (χ3v) is 5.38. The maximum Gasteiger partial charge on any atom is 0.274 e. The average molecular weight is 355 g/mol. The van der Waals surface area contributed by atoms with E-state index in [1.54, 1.807) is 4.68 Å². The van der Waals surface area contributed by atoms with Crippen LogP contribution in [0.3, 0.4) is 0 Å². The molecule has 0 saturated carbocycles. The van der Waals surface area contributed by atoms with Crippen molar-refractivity contribution in [1.29, 1.82) is 0 Å². The second-order valence-corrected chi connectivity index (χ2v) is 7.26. The third-order valence-electron chi connectivity index (χ3n) is 5.38. The smallest absolute Gasteiger partial charge is 0.274 e. The lowest BCUT2D eigenvalue weighted by atomic mass is 10.0. The van der Waals surface area contributed by atoms with Crippen molar-refractivity contribution in [1.82, 2.24) is 14.7 Å². The van der Waals surface area contributed by atoms with Gasteiger partial charge in [0, 0.05) is 38.5 Å². The molecule has 0 bridgehead atoms. The van der Waals surface area contributed by atoms with Gasteiger partial charge < -0.3 is 14.4 Å². The van der Waals surface area contributed by atoms with Crippen LogP contribution in [0, 0.1) is 13.8 Å². The molecule has 2 fully saturated rings. The van der Waals surface area contributed by atoms with Gasteiger partial charge in [0.25, 0.3) is 5.91 Å². The lowest BCUT2D eigenvalue weighted by molar-refractivity contribution is -0.181. The zero-order chi connectivity index (χ0) is 18.3. The van der Waals surface area contributed by atoms with Crippen molar-refractivity contribution in [2.75, 3.05) is 26.3 Å². The van der Waals surface area contributed by atoms with Crippen molar-refractivity contribution in [3.8, 4) is 11.3 Å². The van der Waals surface area contributed by atoms with E-state index in [0.29, 0.717) is 32.0 Å². The van der Waals surface area contributed by atoms with Crippen molar-refractivity contribution in [3.63, 3.8) is 0 Å². The highest BCUT2D eigenvalue weighted by Crippen LogP contribution is 2.32. The van der Waals surface area contributed by atoms with Crippen LogP contribution in [-0.2, 0) is 16.5 Å². The van der Waals surface area contributed by atoms with Gasteiger partial charge in [0.05, 0.1) is 18.9 Å². The summed E-state index contributed by atoms with van der Waals surface area (Å²) < 4.78 is 13.3. The van der Waals surface area contributed by atoms with Gasteiger partial charge in [-0.05, 0) is 25.5 Å². The van der Waals surface area contributed by atoms with Crippen LogP contribution in [0.4, 0.5) is 0 Å². The Bertz CT molecular complexity index is 827. The molecule has 0 atom stereocenters. The summed E-state index contributed by atoms with van der Waals surface area (Å²) in [5.41, 5.74) is 4.97. The highest BCUT2D eigenvalue weighted by molar-refractivity contribution is 5.93. The van der Waals surface area contributed by atoms with Crippen LogP contribution in [0.1, 0.15) is 34.5 Å². The summed E-state index contributed by atoms with van der Waals surface area (Å²) in [5.74, 6) is -0.491. The van der Waals surface area contributed by atoms with Gasteiger partial charge in [0.2, 0.25) is 0 Å². The van der Waals surface area contributed by atoms with Crippen molar-refractivity contribution < 1.29 is 14.3 Å². The van der Waals surface area contributed by atoms with Crippen LogP contribution < -0.4 is 0 Å². The van der Waals surface area contributed by atoms with Gasteiger partial charge in [-0.1, -0.05) is 23.8 Å². The van der Waals surface area contributed by atoms with Crippen molar-refractivity contribution in [3.05, 3.63) is 41.1 Å². The molecule has 3 heterocycles. The Hall–Kier alpha value is -2.18. The molecule has 2 saturated heterocycles. The van der Waals surface area contributed by atoms with Crippen LogP contribution in [0.15, 0.2) is 24.3 Å². The van der Waals surface area contributed by atoms with Gasteiger partial charge in [-0.2, -0.15) is 5.10 Å². The highest BCUT2D eigenvalue weighted by Gasteiger charge is 2.41. The van der Waals surface area contributed by atoms with Crippen LogP contribution in [0.2, 0.25) is 0 Å². The number of carbonyl (C=O) groups excluding carboxylic acids is 1. The number of benzene rings is 1. The van der Waals surface area contributed by atoms with E-state index in [1.165, 1.54) is 11.1 Å². The quantitative estimate of drug-likeness (QED) is 0.831. The summed E-state index contributed by atoms with van der Waals surface area (Å²) in [4.78, 5) is 14.8. The number of nitrogens with zero attached hydrogens (tertiary/aromatic N) is 3. The summed E-state index contributed by atoms with van der Waals surface area (Å²) in [5, 5.41) is 4.48. The van der Waals surface area contributed by atoms with Gasteiger partial charge in [-0.3, -0.25) is 9.48 Å². The van der Waals surface area contributed by atoms with Crippen molar-refractivity contribution in [2.24, 2.45) is 7.05 Å². The summed E-state index contributed by atoms with van der Waals surface area (Å²) in [7, 11) is 1.89. The number of likely N-dealkylation sites (tertiary alicyclic amines) is 1. The molecule has 6 nitrogen and oxygen atoms in total. The molecule has 0 N–H and O–H groups in total. The molecule has 0 aliphatic carbocycles. The minimum absolute atomic E-state index is 0.0236. The Kier molecular flexibility index (Phi) is 4.32. The zero-order valence-corrected chi connectivity index (χ0v) is 15.6. The van der Waals surface area contributed by atoms with E-state index in [1.807, 2.05) is 18.0 Å². The molecule has 0 unspecified atom stereocenters. The number of amides is 1. The summed E-state index contributed by atoms with van der Waals surface area (Å²) in [6.45, 7) is 6.72. The van der Waals surface area contributed by atoms with E-state index in [4.69, 9.17) is 9.47 Å². The number of hydrogen-bond acceptors (Lipinski definition) is 4. The molecular formula is C20H25N3O3. The number of ether oxygens (including phenoxy) is 2. The molecule has 2 aliphatic rings. The molecule has 6 heteroatoms. The molecule has 2 aliphatic heterocycles. The average Bonchev–Trinajstić information content (AvgIpc) is 3.22. The maximum atomic E-state index is 12.9. The largest absolute Gasteiger partial charge is 0.347 e. The minimum atomic E-state index is -0.467. The Morgan fingerprint density at radius 3 is 2.46 bits per heavy atom. The minimum Gasteiger partial charge on any atom is -0.347 e. The predicted octanol–water partition coefficient (Wildman–Crippen LogP) is 2.68. The highest BCUT2D eigenvalue weighted by atomic mass is 16.7. The van der Waals surface area contributed by atoms with Crippen LogP contribution >= 0.6 is 0 Å². The van der Waals surface area contributed by atoms with E-state index in [9.17, 15) is 4.79 Å². The standard InChI is InChI=1S/C20H25N3O3/c1-14-4-5-16(15(2)12-14)18-13-17(21-22(18)3)19(24)23-8-6-20(7-9-23)25-10-11-26-20/h4-5,12-13H,6-11H2,1-3H3. The fraction of sp³-hybridized carbons (Fsp3) is 0.500. The van der Waals surface area contributed by atoms with Crippen molar-refractivity contribution >= 4 is 5.91 Å². The lowest BCUT2D eigenvalue weighted by Crippen LogP contribution is -2.47. The molecule has 138 valence electrons. The molecule has 4 rings (SSSR count). The lowest BCUT2D eigenvalue weighted by Gasteiger charge is -2.37. The van der Waals surface area contributed by atoms with E-state index in [-0.39, 0.29) is 5.91 Å². The molecule has 1 amide bonds. The summed E-state index contributed by atoms with van der Waals surface area (Å²) in [6, 6.07) is 8.22. The number of piperidine rings is 1. The first-order chi connectivity index (χ1) is 12.5. The van der Waals surface area contributed by atoms with Gasteiger partial charge in [0.15, 0.2) is 11.5 Å². The molecule has 2 aromatic rings. The third kappa shape index (κ3) is 3.04. The number of hydrogen-bond donors (Lipinski definition) is 0. The number of carbonyl (C=O) groups is 1. The van der Waals surface area contributed by atoms with Crippen LogP contribution in [-0.4, -0.2) is 52.7 Å². The van der Waals surface area contributed by atoms with Gasteiger partial charge in [-0.15, -0.1) is 0 Å². The van der Waals surface area contributed by atoms with Crippen molar-refractivity contribution in [2.45, 2.75) is 32.5 Å². The number of aryl methyl sites for hydroxylation is 3. The molecule has 1 spiro atoms. The number of rotatable bonds is 2. The first kappa shape index (κ1) is 17.2. The summed E-state index contributed by atoms with van der Waals surface area (Å²) >= 11 is 0. The first-order valence-electron chi connectivity index (χ1n) is 9.16. The first-order valence-corrected chi connectivity index (χ1v) is 9.16. The van der Waals surface area contributed by atoms with Crippen LogP contribution in [0.5, 0.6) is 0 Å². The molecule has 1 aromatic heterocycles.